The molecule has 0 radical (unpaired) electrons. The molecule has 1 aliphatic rings. The fraction of sp³-hybridized carbons (Fsp3) is 0.381. The number of sulfone groups is 1. The third-order valence-electron chi connectivity index (χ3n) is 5.22. The Morgan fingerprint density at radius 2 is 1.77 bits per heavy atom. The molecule has 2 aromatic rings. The van der Waals surface area contributed by atoms with Gasteiger partial charge in [-0.25, -0.2) is 12.8 Å². The number of benzene rings is 2. The van der Waals surface area contributed by atoms with Crippen LogP contribution in [0.2, 0.25) is 0 Å². The number of hydrogen-bond acceptors (Lipinski definition) is 4. The summed E-state index contributed by atoms with van der Waals surface area (Å²) in [5, 5.41) is -0.641. The van der Waals surface area contributed by atoms with E-state index in [2.05, 4.69) is 20.7 Å². The van der Waals surface area contributed by atoms with Crippen molar-refractivity contribution in [1.82, 2.24) is 4.90 Å². The molecule has 1 saturated heterocycles. The van der Waals surface area contributed by atoms with Gasteiger partial charge in [0.2, 0.25) is 5.91 Å². The molecule has 0 aromatic heterocycles. The van der Waals surface area contributed by atoms with Crippen LogP contribution in [0.15, 0.2) is 51.8 Å². The van der Waals surface area contributed by atoms with Crippen molar-refractivity contribution in [2.24, 2.45) is 0 Å². The molecule has 2 aromatic carbocycles. The Morgan fingerprint density at radius 1 is 1.13 bits per heavy atom. The molecule has 31 heavy (non-hydrogen) atoms. The van der Waals surface area contributed by atoms with Crippen LogP contribution in [0, 0.1) is 5.82 Å². The number of likely N-dealkylation sites (tertiary alicyclic amines) is 1. The fourth-order valence-electron chi connectivity index (χ4n) is 3.59. The first kappa shape index (κ1) is 23.6. The molecule has 0 N–H and O–H groups in total. The Balaban J connectivity index is 1.57. The number of alkyl halides is 2. The van der Waals surface area contributed by atoms with E-state index in [-0.39, 0.29) is 55.3 Å². The van der Waals surface area contributed by atoms with Crippen LogP contribution in [0.4, 0.5) is 13.2 Å². The summed E-state index contributed by atoms with van der Waals surface area (Å²) >= 11 is 3.28. The van der Waals surface area contributed by atoms with Gasteiger partial charge in [-0.3, -0.25) is 4.79 Å². The number of carbonyl (C=O) groups is 1. The topological polar surface area (TPSA) is 63.7 Å². The highest BCUT2D eigenvalue weighted by Gasteiger charge is 2.32. The van der Waals surface area contributed by atoms with Crippen LogP contribution < -0.4 is 4.74 Å². The molecule has 168 valence electrons. The van der Waals surface area contributed by atoms with Gasteiger partial charge in [-0.15, -0.1) is 0 Å². The van der Waals surface area contributed by atoms with Gasteiger partial charge in [-0.1, -0.05) is 15.9 Å². The summed E-state index contributed by atoms with van der Waals surface area (Å²) in [5.41, 5.74) is 0.483. The SMILES string of the molecule is O=C(CCc1cc(Br)ccc1OC(F)F)N1CCC(S(=O)(=O)c2ccc(F)cc2)CC1. The summed E-state index contributed by atoms with van der Waals surface area (Å²) < 4.78 is 68.9. The van der Waals surface area contributed by atoms with Gasteiger partial charge in [-0.2, -0.15) is 8.78 Å². The second kappa shape index (κ2) is 10.0. The first-order valence-corrected chi connectivity index (χ1v) is 12.0. The summed E-state index contributed by atoms with van der Waals surface area (Å²) in [7, 11) is -3.60. The molecule has 0 aliphatic carbocycles. The monoisotopic (exact) mass is 519 g/mol. The van der Waals surface area contributed by atoms with Gasteiger partial charge in [-0.05, 0) is 67.3 Å². The average molecular weight is 520 g/mol. The molecule has 0 atom stereocenters. The molecular weight excluding hydrogens is 499 g/mol. The maximum absolute atomic E-state index is 13.1. The highest BCUT2D eigenvalue weighted by atomic mass is 79.9. The van der Waals surface area contributed by atoms with E-state index in [0.717, 1.165) is 12.1 Å². The number of nitrogens with zero attached hydrogens (tertiary/aromatic N) is 1. The highest BCUT2D eigenvalue weighted by molar-refractivity contribution is 9.10. The smallest absolute Gasteiger partial charge is 0.387 e. The number of carbonyl (C=O) groups excluding carboxylic acids is 1. The predicted octanol–water partition coefficient (Wildman–Crippen LogP) is 4.59. The lowest BCUT2D eigenvalue weighted by molar-refractivity contribution is -0.132. The molecule has 1 aliphatic heterocycles. The minimum atomic E-state index is -3.60. The number of amides is 1. The summed E-state index contributed by atoms with van der Waals surface area (Å²) in [5.74, 6) is -0.664. The lowest BCUT2D eigenvalue weighted by Gasteiger charge is -2.32. The number of rotatable bonds is 7. The second-order valence-electron chi connectivity index (χ2n) is 7.21. The second-order valence-corrected chi connectivity index (χ2v) is 10.4. The normalized spacial score (nSPS) is 15.3. The number of piperidine rings is 1. The molecule has 0 unspecified atom stereocenters. The van der Waals surface area contributed by atoms with Gasteiger partial charge in [0.1, 0.15) is 11.6 Å². The van der Waals surface area contributed by atoms with Crippen LogP contribution in [-0.4, -0.2) is 44.2 Å². The Labute approximate surface area is 187 Å². The minimum Gasteiger partial charge on any atom is -0.435 e. The molecular formula is C21H21BrF3NO4S. The van der Waals surface area contributed by atoms with Gasteiger partial charge in [0.25, 0.3) is 0 Å². The molecule has 1 fully saturated rings. The minimum absolute atomic E-state index is 0.0232. The van der Waals surface area contributed by atoms with Crippen LogP contribution in [0.25, 0.3) is 0 Å². The summed E-state index contributed by atoms with van der Waals surface area (Å²) in [6.07, 6.45) is 0.865. The molecule has 1 amide bonds. The Kier molecular flexibility index (Phi) is 7.64. The Bertz CT molecular complexity index is 1020. The van der Waals surface area contributed by atoms with Gasteiger partial charge in [0.05, 0.1) is 10.1 Å². The van der Waals surface area contributed by atoms with E-state index in [4.69, 9.17) is 0 Å². The van der Waals surface area contributed by atoms with E-state index in [9.17, 15) is 26.4 Å². The van der Waals surface area contributed by atoms with Crippen molar-refractivity contribution in [1.29, 1.82) is 0 Å². The van der Waals surface area contributed by atoms with Crippen molar-refractivity contribution in [2.45, 2.75) is 42.4 Å². The average Bonchev–Trinajstić information content (AvgIpc) is 2.73. The van der Waals surface area contributed by atoms with Crippen molar-refractivity contribution < 1.29 is 31.1 Å². The molecule has 1 heterocycles. The van der Waals surface area contributed by atoms with Crippen LogP contribution in [0.3, 0.4) is 0 Å². The summed E-state index contributed by atoms with van der Waals surface area (Å²) in [4.78, 5) is 14.2. The number of hydrogen-bond donors (Lipinski definition) is 0. The predicted molar refractivity (Wildman–Crippen MR) is 112 cm³/mol. The van der Waals surface area contributed by atoms with Gasteiger partial charge in [0, 0.05) is 24.0 Å². The quantitative estimate of drug-likeness (QED) is 0.502. The van der Waals surface area contributed by atoms with Crippen LogP contribution in [0.1, 0.15) is 24.8 Å². The van der Waals surface area contributed by atoms with Gasteiger partial charge < -0.3 is 9.64 Å². The largest absolute Gasteiger partial charge is 0.435 e. The van der Waals surface area contributed by atoms with Crippen molar-refractivity contribution in [3.05, 3.63) is 58.3 Å². The molecule has 10 heteroatoms. The summed E-state index contributed by atoms with van der Waals surface area (Å²) in [6.45, 7) is -2.40. The van der Waals surface area contributed by atoms with E-state index in [1.807, 2.05) is 0 Å². The lowest BCUT2D eigenvalue weighted by Crippen LogP contribution is -2.42. The highest BCUT2D eigenvalue weighted by Crippen LogP contribution is 2.28. The van der Waals surface area contributed by atoms with Gasteiger partial charge in [0.15, 0.2) is 9.84 Å². The zero-order valence-corrected chi connectivity index (χ0v) is 18.8. The maximum atomic E-state index is 13.1. The Hall–Kier alpha value is -2.07. The van der Waals surface area contributed by atoms with Crippen LogP contribution >= 0.6 is 15.9 Å². The number of ether oxygens (including phenoxy) is 1. The Morgan fingerprint density at radius 3 is 2.39 bits per heavy atom. The maximum Gasteiger partial charge on any atom is 0.387 e. The molecule has 5 nitrogen and oxygen atoms in total. The standard InChI is InChI=1S/C21H21BrF3NO4S/c22-15-2-7-19(30-21(24)25)14(13-15)1-8-20(27)26-11-9-18(10-12-26)31(28,29)17-5-3-16(23)4-6-17/h2-7,13,18,21H,1,8-12H2. The molecule has 0 spiro atoms. The van der Waals surface area contributed by atoms with Crippen LogP contribution in [-0.2, 0) is 21.1 Å². The summed E-state index contributed by atoms with van der Waals surface area (Å²) in [6, 6.07) is 9.35. The van der Waals surface area contributed by atoms with E-state index in [1.54, 1.807) is 17.0 Å². The van der Waals surface area contributed by atoms with E-state index < -0.39 is 27.5 Å². The molecule has 0 saturated carbocycles. The van der Waals surface area contributed by atoms with Crippen molar-refractivity contribution in [3.63, 3.8) is 0 Å². The third-order valence-corrected chi connectivity index (χ3v) is 7.99. The zero-order chi connectivity index (χ0) is 22.6. The van der Waals surface area contributed by atoms with Gasteiger partial charge >= 0.3 is 6.61 Å². The number of halogens is 4. The lowest BCUT2D eigenvalue weighted by atomic mass is 10.1. The first-order valence-electron chi connectivity index (χ1n) is 9.67. The molecule has 3 rings (SSSR count). The zero-order valence-electron chi connectivity index (χ0n) is 16.4. The van der Waals surface area contributed by atoms with E-state index >= 15 is 0 Å². The van der Waals surface area contributed by atoms with E-state index in [0.29, 0.717) is 10.0 Å². The number of aryl methyl sites for hydroxylation is 1. The third kappa shape index (κ3) is 6.00. The van der Waals surface area contributed by atoms with Crippen LogP contribution in [0.5, 0.6) is 5.75 Å². The fourth-order valence-corrected chi connectivity index (χ4v) is 5.73. The van der Waals surface area contributed by atoms with Crippen molar-refractivity contribution in [2.75, 3.05) is 13.1 Å². The molecule has 0 bridgehead atoms. The van der Waals surface area contributed by atoms with E-state index in [1.165, 1.54) is 18.2 Å². The van der Waals surface area contributed by atoms with Crippen molar-refractivity contribution >= 4 is 31.7 Å². The van der Waals surface area contributed by atoms with Crippen molar-refractivity contribution in [3.8, 4) is 5.75 Å². The first-order chi connectivity index (χ1) is 14.7.